The van der Waals surface area contributed by atoms with Gasteiger partial charge in [0.05, 0.1) is 6.10 Å². The van der Waals surface area contributed by atoms with Crippen molar-refractivity contribution >= 4 is 50.4 Å². The van der Waals surface area contributed by atoms with Crippen LogP contribution in [0.5, 0.6) is 0 Å². The van der Waals surface area contributed by atoms with Crippen molar-refractivity contribution in [1.29, 1.82) is 0 Å². The SMILES string of the molecule is CC(C)OS(=O)(=O)c1cccc2ccccc12.[Na]. The third kappa shape index (κ3) is 3.33. The molecule has 0 aromatic heterocycles. The first-order valence-corrected chi connectivity index (χ1v) is 6.82. The molecule has 2 aromatic rings. The number of rotatable bonds is 3. The molecular weight excluding hydrogens is 259 g/mol. The van der Waals surface area contributed by atoms with Gasteiger partial charge in [0.2, 0.25) is 0 Å². The van der Waals surface area contributed by atoms with E-state index in [0.717, 1.165) is 5.39 Å². The van der Waals surface area contributed by atoms with E-state index < -0.39 is 10.1 Å². The van der Waals surface area contributed by atoms with E-state index in [1.807, 2.05) is 24.3 Å². The first kappa shape index (κ1) is 15.7. The molecule has 0 unspecified atom stereocenters. The fourth-order valence-electron chi connectivity index (χ4n) is 1.72. The summed E-state index contributed by atoms with van der Waals surface area (Å²) in [5.74, 6) is 0. The molecule has 0 atom stereocenters. The molecule has 0 bridgehead atoms. The van der Waals surface area contributed by atoms with Crippen LogP contribution in [0.4, 0.5) is 0 Å². The van der Waals surface area contributed by atoms with Gasteiger partial charge < -0.3 is 0 Å². The van der Waals surface area contributed by atoms with Crippen LogP contribution in [-0.2, 0) is 14.3 Å². The minimum absolute atomic E-state index is 0. The molecule has 18 heavy (non-hydrogen) atoms. The molecule has 0 saturated carbocycles. The molecule has 0 heterocycles. The van der Waals surface area contributed by atoms with Crippen molar-refractivity contribution in [2.75, 3.05) is 0 Å². The van der Waals surface area contributed by atoms with Gasteiger partial charge in [-0.15, -0.1) is 0 Å². The number of hydrogen-bond donors (Lipinski definition) is 0. The van der Waals surface area contributed by atoms with Crippen LogP contribution in [0.2, 0.25) is 0 Å². The molecule has 3 nitrogen and oxygen atoms in total. The normalized spacial score (nSPS) is 11.5. The van der Waals surface area contributed by atoms with Gasteiger partial charge in [0.1, 0.15) is 4.90 Å². The van der Waals surface area contributed by atoms with Gasteiger partial charge in [-0.1, -0.05) is 36.4 Å². The molecule has 0 fully saturated rings. The van der Waals surface area contributed by atoms with Crippen molar-refractivity contribution in [3.63, 3.8) is 0 Å². The summed E-state index contributed by atoms with van der Waals surface area (Å²) in [5.41, 5.74) is 0. The second-order valence-corrected chi connectivity index (χ2v) is 5.62. The topological polar surface area (TPSA) is 43.4 Å². The van der Waals surface area contributed by atoms with E-state index in [-0.39, 0.29) is 40.6 Å². The van der Waals surface area contributed by atoms with Gasteiger partial charge in [0.25, 0.3) is 10.1 Å². The summed E-state index contributed by atoms with van der Waals surface area (Å²) in [7, 11) is -3.69. The second-order valence-electron chi connectivity index (χ2n) is 4.08. The maximum Gasteiger partial charge on any atom is 0.297 e. The number of fused-ring (bicyclic) bond motifs is 1. The largest absolute Gasteiger partial charge is 0.297 e. The third-order valence-electron chi connectivity index (χ3n) is 2.34. The Morgan fingerprint density at radius 2 is 1.61 bits per heavy atom. The third-order valence-corrected chi connectivity index (χ3v) is 3.87. The van der Waals surface area contributed by atoms with Gasteiger partial charge in [-0.2, -0.15) is 8.42 Å². The van der Waals surface area contributed by atoms with Crippen LogP contribution >= 0.6 is 0 Å². The number of benzene rings is 2. The summed E-state index contributed by atoms with van der Waals surface area (Å²) in [4.78, 5) is 0.226. The zero-order chi connectivity index (χ0) is 12.5. The van der Waals surface area contributed by atoms with Crippen LogP contribution in [0.3, 0.4) is 0 Å². The average Bonchev–Trinajstić information content (AvgIpc) is 2.26. The minimum atomic E-state index is -3.69. The maximum atomic E-state index is 12.0. The Kier molecular flexibility index (Phi) is 5.37. The Morgan fingerprint density at radius 3 is 2.28 bits per heavy atom. The van der Waals surface area contributed by atoms with E-state index in [0.29, 0.717) is 5.39 Å². The summed E-state index contributed by atoms with van der Waals surface area (Å²) >= 11 is 0. The minimum Gasteiger partial charge on any atom is -0.264 e. The van der Waals surface area contributed by atoms with Crippen molar-refractivity contribution in [2.45, 2.75) is 24.8 Å². The fourth-order valence-corrected chi connectivity index (χ4v) is 3.03. The van der Waals surface area contributed by atoms with Gasteiger partial charge in [-0.05, 0) is 25.3 Å². The van der Waals surface area contributed by atoms with Crippen molar-refractivity contribution in [3.8, 4) is 0 Å². The van der Waals surface area contributed by atoms with Gasteiger partial charge in [0, 0.05) is 34.9 Å². The molecular formula is C13H14NaO3S. The zero-order valence-corrected chi connectivity index (χ0v) is 13.6. The second kappa shape index (κ2) is 6.17. The number of hydrogen-bond acceptors (Lipinski definition) is 3. The molecule has 0 saturated heterocycles. The van der Waals surface area contributed by atoms with Crippen molar-refractivity contribution in [2.24, 2.45) is 0 Å². The molecule has 0 aliphatic carbocycles. The van der Waals surface area contributed by atoms with Gasteiger partial charge in [-0.3, -0.25) is 4.18 Å². The van der Waals surface area contributed by atoms with Crippen molar-refractivity contribution in [1.82, 2.24) is 0 Å². The van der Waals surface area contributed by atoms with E-state index in [2.05, 4.69) is 0 Å². The Hall–Kier alpha value is -0.390. The van der Waals surface area contributed by atoms with E-state index >= 15 is 0 Å². The van der Waals surface area contributed by atoms with Crippen LogP contribution < -0.4 is 0 Å². The van der Waals surface area contributed by atoms with Crippen LogP contribution in [-0.4, -0.2) is 44.1 Å². The average molecular weight is 273 g/mol. The smallest absolute Gasteiger partial charge is 0.264 e. The summed E-state index contributed by atoms with van der Waals surface area (Å²) in [6.45, 7) is 3.39. The summed E-state index contributed by atoms with van der Waals surface area (Å²) in [6.07, 6.45) is -0.362. The Bertz CT molecular complexity index is 630. The van der Waals surface area contributed by atoms with Crippen LogP contribution in [0.15, 0.2) is 47.4 Å². The fraction of sp³-hybridized carbons (Fsp3) is 0.231. The van der Waals surface area contributed by atoms with E-state index in [1.54, 1.807) is 32.0 Å². The van der Waals surface area contributed by atoms with E-state index in [4.69, 9.17) is 4.18 Å². The predicted octanol–water partition coefficient (Wildman–Crippen LogP) is 2.57. The predicted molar refractivity (Wildman–Crippen MR) is 73.1 cm³/mol. The summed E-state index contributed by atoms with van der Waals surface area (Å²) in [6, 6.07) is 12.5. The molecule has 0 aliphatic heterocycles. The molecule has 0 aliphatic rings. The first-order chi connectivity index (χ1) is 8.00. The molecule has 0 spiro atoms. The Morgan fingerprint density at radius 1 is 1.00 bits per heavy atom. The van der Waals surface area contributed by atoms with E-state index in [1.165, 1.54) is 0 Å². The molecule has 2 rings (SSSR count). The van der Waals surface area contributed by atoms with Gasteiger partial charge >= 0.3 is 0 Å². The standard InChI is InChI=1S/C13H14O3S.Na/c1-10(2)16-17(14,15)13-9-5-7-11-6-3-4-8-12(11)13;/h3-10H,1-2H3;. The summed E-state index contributed by atoms with van der Waals surface area (Å²) < 4.78 is 29.1. The van der Waals surface area contributed by atoms with Crippen molar-refractivity contribution in [3.05, 3.63) is 42.5 Å². The van der Waals surface area contributed by atoms with Crippen LogP contribution in [0.25, 0.3) is 10.8 Å². The van der Waals surface area contributed by atoms with Crippen LogP contribution in [0.1, 0.15) is 13.8 Å². The molecule has 1 radical (unpaired) electrons. The molecule has 2 aromatic carbocycles. The van der Waals surface area contributed by atoms with E-state index in [9.17, 15) is 8.42 Å². The maximum absolute atomic E-state index is 12.0. The molecule has 0 amide bonds. The summed E-state index contributed by atoms with van der Waals surface area (Å²) in [5, 5.41) is 1.58. The molecule has 91 valence electrons. The van der Waals surface area contributed by atoms with Gasteiger partial charge in [0.15, 0.2) is 0 Å². The van der Waals surface area contributed by atoms with Gasteiger partial charge in [-0.25, -0.2) is 0 Å². The zero-order valence-electron chi connectivity index (χ0n) is 10.8. The molecule has 5 heteroatoms. The first-order valence-electron chi connectivity index (χ1n) is 5.42. The van der Waals surface area contributed by atoms with Crippen LogP contribution in [0, 0.1) is 0 Å². The quantitative estimate of drug-likeness (QED) is 0.637. The molecule has 0 N–H and O–H groups in total. The Labute approximate surface area is 130 Å². The Balaban J connectivity index is 0.00000162. The monoisotopic (exact) mass is 273 g/mol. The van der Waals surface area contributed by atoms with Crippen molar-refractivity contribution < 1.29 is 12.6 Å².